The number of hydrogen-bond acceptors (Lipinski definition) is 2. The van der Waals surface area contributed by atoms with Crippen molar-refractivity contribution in [2.24, 2.45) is 11.8 Å². The molecule has 3 heteroatoms. The van der Waals surface area contributed by atoms with Crippen molar-refractivity contribution < 1.29 is 4.79 Å². The smallest absolute Gasteiger partial charge is 0.222 e. The monoisotopic (exact) mass is 226 g/mol. The van der Waals surface area contributed by atoms with Gasteiger partial charge in [-0.2, -0.15) is 0 Å². The average molecular weight is 226 g/mol. The highest BCUT2D eigenvalue weighted by molar-refractivity contribution is 5.78. The minimum absolute atomic E-state index is 0.350. The van der Waals surface area contributed by atoms with Gasteiger partial charge in [0, 0.05) is 25.6 Å². The maximum absolute atomic E-state index is 11.7. The van der Waals surface area contributed by atoms with Crippen molar-refractivity contribution in [3.8, 4) is 0 Å². The third kappa shape index (κ3) is 4.12. The zero-order valence-electron chi connectivity index (χ0n) is 11.1. The molecule has 1 rings (SSSR count). The Labute approximate surface area is 99.6 Å². The molecule has 3 nitrogen and oxygen atoms in total. The molecule has 0 spiro atoms. The minimum Gasteiger partial charge on any atom is -0.342 e. The second-order valence-electron chi connectivity index (χ2n) is 5.45. The summed E-state index contributed by atoms with van der Waals surface area (Å²) in [4.78, 5) is 13.8. The lowest BCUT2D eigenvalue weighted by atomic mass is 10.1. The number of carbonyl (C=O) groups is 1. The third-order valence-electron chi connectivity index (χ3n) is 3.28. The van der Waals surface area contributed by atoms with Gasteiger partial charge in [0.25, 0.3) is 0 Å². The fourth-order valence-electron chi connectivity index (χ4n) is 2.18. The molecule has 0 aromatic heterocycles. The summed E-state index contributed by atoms with van der Waals surface area (Å²) < 4.78 is 0. The SMILES string of the molecule is CCC1CC(=O)N(CC(C)CNC(C)C)C1. The molecule has 1 fully saturated rings. The van der Waals surface area contributed by atoms with E-state index in [1.54, 1.807) is 0 Å². The van der Waals surface area contributed by atoms with Crippen LogP contribution in [0, 0.1) is 11.8 Å². The van der Waals surface area contributed by atoms with Crippen LogP contribution >= 0.6 is 0 Å². The molecule has 1 amide bonds. The van der Waals surface area contributed by atoms with Crippen LogP contribution in [0.1, 0.15) is 40.5 Å². The molecule has 0 bridgehead atoms. The van der Waals surface area contributed by atoms with E-state index in [2.05, 4.69) is 33.0 Å². The summed E-state index contributed by atoms with van der Waals surface area (Å²) in [7, 11) is 0. The number of hydrogen-bond donors (Lipinski definition) is 1. The average Bonchev–Trinajstić information content (AvgIpc) is 2.57. The van der Waals surface area contributed by atoms with E-state index >= 15 is 0 Å². The van der Waals surface area contributed by atoms with E-state index in [1.165, 1.54) is 0 Å². The first-order chi connectivity index (χ1) is 7.52. The van der Waals surface area contributed by atoms with Crippen LogP contribution in [0.25, 0.3) is 0 Å². The zero-order chi connectivity index (χ0) is 12.1. The summed E-state index contributed by atoms with van der Waals surface area (Å²) >= 11 is 0. The Hall–Kier alpha value is -0.570. The predicted molar refractivity (Wildman–Crippen MR) is 67.3 cm³/mol. The number of nitrogens with zero attached hydrogens (tertiary/aromatic N) is 1. The van der Waals surface area contributed by atoms with Gasteiger partial charge in [-0.1, -0.05) is 34.1 Å². The largest absolute Gasteiger partial charge is 0.342 e. The molecule has 0 aliphatic carbocycles. The Morgan fingerprint density at radius 3 is 2.62 bits per heavy atom. The first kappa shape index (κ1) is 13.5. The summed E-state index contributed by atoms with van der Waals surface area (Å²) in [6, 6.07) is 0.528. The molecule has 1 aliphatic rings. The Morgan fingerprint density at radius 1 is 1.44 bits per heavy atom. The van der Waals surface area contributed by atoms with Crippen LogP contribution in [-0.2, 0) is 4.79 Å². The van der Waals surface area contributed by atoms with Crippen LogP contribution in [0.3, 0.4) is 0 Å². The lowest BCUT2D eigenvalue weighted by molar-refractivity contribution is -0.128. The van der Waals surface area contributed by atoms with Gasteiger partial charge in [-0.25, -0.2) is 0 Å². The molecule has 0 aromatic rings. The topological polar surface area (TPSA) is 32.3 Å². The van der Waals surface area contributed by atoms with E-state index in [4.69, 9.17) is 0 Å². The number of rotatable bonds is 6. The number of carbonyl (C=O) groups excluding carboxylic acids is 1. The Balaban J connectivity index is 2.28. The summed E-state index contributed by atoms with van der Waals surface area (Å²) in [5.41, 5.74) is 0. The number of nitrogens with one attached hydrogen (secondary N) is 1. The van der Waals surface area contributed by atoms with Crippen LogP contribution in [0.15, 0.2) is 0 Å². The molecule has 2 unspecified atom stereocenters. The molecule has 16 heavy (non-hydrogen) atoms. The van der Waals surface area contributed by atoms with Gasteiger partial charge >= 0.3 is 0 Å². The molecule has 2 atom stereocenters. The van der Waals surface area contributed by atoms with Gasteiger partial charge < -0.3 is 10.2 Å². The van der Waals surface area contributed by atoms with Crippen LogP contribution in [0.5, 0.6) is 0 Å². The van der Waals surface area contributed by atoms with Gasteiger partial charge in [0.1, 0.15) is 0 Å². The van der Waals surface area contributed by atoms with Crippen molar-refractivity contribution in [1.82, 2.24) is 10.2 Å². The first-order valence-corrected chi connectivity index (χ1v) is 6.54. The third-order valence-corrected chi connectivity index (χ3v) is 3.28. The molecule has 0 saturated carbocycles. The van der Waals surface area contributed by atoms with E-state index in [-0.39, 0.29) is 0 Å². The maximum Gasteiger partial charge on any atom is 0.222 e. The molecule has 1 saturated heterocycles. The van der Waals surface area contributed by atoms with Crippen molar-refractivity contribution >= 4 is 5.91 Å². The van der Waals surface area contributed by atoms with Crippen molar-refractivity contribution in [3.05, 3.63) is 0 Å². The molecular formula is C13H26N2O. The van der Waals surface area contributed by atoms with Crippen LogP contribution in [0.2, 0.25) is 0 Å². The van der Waals surface area contributed by atoms with E-state index in [0.29, 0.717) is 23.8 Å². The van der Waals surface area contributed by atoms with Gasteiger partial charge in [0.15, 0.2) is 0 Å². The standard InChI is InChI=1S/C13H26N2O/c1-5-12-6-13(16)15(9-12)8-11(4)7-14-10(2)3/h10-12,14H,5-9H2,1-4H3. The van der Waals surface area contributed by atoms with Gasteiger partial charge in [-0.15, -0.1) is 0 Å². The Bertz CT molecular complexity index is 228. The molecule has 1 aliphatic heterocycles. The summed E-state index contributed by atoms with van der Waals surface area (Å²) in [5, 5.41) is 3.42. The van der Waals surface area contributed by atoms with E-state index in [1.807, 2.05) is 4.90 Å². The van der Waals surface area contributed by atoms with E-state index in [9.17, 15) is 4.79 Å². The van der Waals surface area contributed by atoms with Gasteiger partial charge in [0.2, 0.25) is 5.91 Å². The second-order valence-corrected chi connectivity index (χ2v) is 5.45. The maximum atomic E-state index is 11.7. The number of likely N-dealkylation sites (tertiary alicyclic amines) is 1. The lowest BCUT2D eigenvalue weighted by Crippen LogP contribution is -2.36. The van der Waals surface area contributed by atoms with Crippen molar-refractivity contribution in [2.45, 2.75) is 46.6 Å². The molecular weight excluding hydrogens is 200 g/mol. The summed E-state index contributed by atoms with van der Waals surface area (Å²) in [6.45, 7) is 11.6. The Morgan fingerprint density at radius 2 is 2.12 bits per heavy atom. The molecule has 0 radical (unpaired) electrons. The highest BCUT2D eigenvalue weighted by Crippen LogP contribution is 2.21. The molecule has 1 heterocycles. The van der Waals surface area contributed by atoms with Crippen molar-refractivity contribution in [3.63, 3.8) is 0 Å². The fourth-order valence-corrected chi connectivity index (χ4v) is 2.18. The second kappa shape index (κ2) is 6.24. The van der Waals surface area contributed by atoms with E-state index in [0.717, 1.165) is 32.5 Å². The first-order valence-electron chi connectivity index (χ1n) is 6.54. The molecule has 94 valence electrons. The van der Waals surface area contributed by atoms with Crippen molar-refractivity contribution in [2.75, 3.05) is 19.6 Å². The minimum atomic E-state index is 0.350. The quantitative estimate of drug-likeness (QED) is 0.750. The zero-order valence-corrected chi connectivity index (χ0v) is 11.1. The Kier molecular flexibility index (Phi) is 5.26. The summed E-state index contributed by atoms with van der Waals surface area (Å²) in [5.74, 6) is 1.49. The van der Waals surface area contributed by atoms with Crippen LogP contribution < -0.4 is 5.32 Å². The van der Waals surface area contributed by atoms with Crippen LogP contribution in [0.4, 0.5) is 0 Å². The van der Waals surface area contributed by atoms with Gasteiger partial charge in [0.05, 0.1) is 0 Å². The highest BCUT2D eigenvalue weighted by atomic mass is 16.2. The molecule has 1 N–H and O–H groups in total. The fraction of sp³-hybridized carbons (Fsp3) is 0.923. The lowest BCUT2D eigenvalue weighted by Gasteiger charge is -2.22. The predicted octanol–water partition coefficient (Wildman–Crippen LogP) is 1.88. The van der Waals surface area contributed by atoms with Crippen LogP contribution in [-0.4, -0.2) is 36.5 Å². The normalized spacial score (nSPS) is 23.2. The molecule has 0 aromatic carbocycles. The highest BCUT2D eigenvalue weighted by Gasteiger charge is 2.28. The van der Waals surface area contributed by atoms with E-state index < -0.39 is 0 Å². The number of amides is 1. The van der Waals surface area contributed by atoms with Crippen molar-refractivity contribution in [1.29, 1.82) is 0 Å². The van der Waals surface area contributed by atoms with Gasteiger partial charge in [-0.3, -0.25) is 4.79 Å². The van der Waals surface area contributed by atoms with Gasteiger partial charge in [-0.05, 0) is 18.4 Å². The summed E-state index contributed by atoms with van der Waals surface area (Å²) in [6.07, 6.45) is 1.89.